The fourth-order valence-electron chi connectivity index (χ4n) is 3.94. The molecule has 1 aromatic rings. The minimum Gasteiger partial charge on any atom is -0.444 e. The second-order valence-electron chi connectivity index (χ2n) is 7.88. The molecule has 0 bridgehead atoms. The number of carbonyl (C=O) groups excluding carboxylic acids is 1. The molecule has 1 spiro atoms. The van der Waals surface area contributed by atoms with Crippen LogP contribution in [0.3, 0.4) is 0 Å². The largest absolute Gasteiger partial charge is 0.444 e. The monoisotopic (exact) mass is 336 g/mol. The summed E-state index contributed by atoms with van der Waals surface area (Å²) >= 11 is 1.89. The summed E-state index contributed by atoms with van der Waals surface area (Å²) in [6.07, 6.45) is 5.55. The summed E-state index contributed by atoms with van der Waals surface area (Å²) in [5.41, 5.74) is 1.23. The molecular weight excluding hydrogens is 308 g/mol. The van der Waals surface area contributed by atoms with Crippen molar-refractivity contribution in [1.82, 2.24) is 10.6 Å². The van der Waals surface area contributed by atoms with Crippen LogP contribution in [0.5, 0.6) is 0 Å². The van der Waals surface area contributed by atoms with Crippen LogP contribution in [-0.4, -0.2) is 24.8 Å². The molecule has 1 saturated carbocycles. The van der Waals surface area contributed by atoms with Crippen molar-refractivity contribution in [3.63, 3.8) is 0 Å². The summed E-state index contributed by atoms with van der Waals surface area (Å²) in [4.78, 5) is 13.4. The maximum absolute atomic E-state index is 11.9. The molecule has 2 unspecified atom stereocenters. The van der Waals surface area contributed by atoms with Crippen LogP contribution in [0.2, 0.25) is 0 Å². The minimum atomic E-state index is -0.436. The Hall–Kier alpha value is -1.07. The van der Waals surface area contributed by atoms with Crippen molar-refractivity contribution in [2.24, 2.45) is 5.92 Å². The van der Waals surface area contributed by atoms with Gasteiger partial charge in [0.2, 0.25) is 0 Å². The number of alkyl carbamates (subject to hydrolysis) is 1. The van der Waals surface area contributed by atoms with Crippen LogP contribution in [0.4, 0.5) is 4.79 Å². The van der Waals surface area contributed by atoms with Crippen molar-refractivity contribution in [3.8, 4) is 0 Å². The van der Waals surface area contributed by atoms with Crippen LogP contribution >= 0.6 is 11.3 Å². The number of rotatable bonds is 2. The summed E-state index contributed by atoms with van der Waals surface area (Å²) < 4.78 is 5.35. The molecule has 23 heavy (non-hydrogen) atoms. The highest BCUT2D eigenvalue weighted by molar-refractivity contribution is 7.10. The zero-order valence-electron chi connectivity index (χ0n) is 14.4. The third-order valence-electron chi connectivity index (χ3n) is 4.83. The number of thiophene rings is 1. The lowest BCUT2D eigenvalue weighted by molar-refractivity contribution is 0.0506. The second-order valence-corrected chi connectivity index (χ2v) is 8.80. The molecule has 1 amide bonds. The van der Waals surface area contributed by atoms with Crippen molar-refractivity contribution in [3.05, 3.63) is 21.9 Å². The van der Waals surface area contributed by atoms with Gasteiger partial charge >= 0.3 is 6.09 Å². The highest BCUT2D eigenvalue weighted by Gasteiger charge is 2.41. The van der Waals surface area contributed by atoms with E-state index in [0.29, 0.717) is 12.5 Å². The molecule has 0 aromatic carbocycles. The molecule has 2 heterocycles. The Morgan fingerprint density at radius 2 is 2.35 bits per heavy atom. The van der Waals surface area contributed by atoms with Crippen molar-refractivity contribution >= 4 is 17.4 Å². The number of amides is 1. The Bertz CT molecular complexity index is 564. The first-order valence-corrected chi connectivity index (χ1v) is 9.55. The number of fused-ring (bicyclic) bond motifs is 2. The Labute approximate surface area is 143 Å². The van der Waals surface area contributed by atoms with E-state index in [4.69, 9.17) is 4.74 Å². The molecule has 1 aliphatic carbocycles. The summed E-state index contributed by atoms with van der Waals surface area (Å²) in [6.45, 7) is 7.46. The van der Waals surface area contributed by atoms with Crippen molar-refractivity contribution < 1.29 is 9.53 Å². The van der Waals surface area contributed by atoms with E-state index in [2.05, 4.69) is 22.1 Å². The van der Waals surface area contributed by atoms with Gasteiger partial charge in [-0.1, -0.05) is 6.42 Å². The lowest BCUT2D eigenvalue weighted by Gasteiger charge is -2.44. The van der Waals surface area contributed by atoms with Gasteiger partial charge in [-0.3, -0.25) is 0 Å². The van der Waals surface area contributed by atoms with Gasteiger partial charge in [0.15, 0.2) is 0 Å². The maximum atomic E-state index is 11.9. The molecule has 1 aliphatic heterocycles. The van der Waals surface area contributed by atoms with Crippen molar-refractivity contribution in [2.45, 2.75) is 64.0 Å². The van der Waals surface area contributed by atoms with E-state index in [-0.39, 0.29) is 11.6 Å². The molecule has 3 rings (SSSR count). The smallest absolute Gasteiger partial charge is 0.407 e. The van der Waals surface area contributed by atoms with E-state index in [0.717, 1.165) is 19.4 Å². The molecular formula is C18H28N2O2S. The third-order valence-corrected chi connectivity index (χ3v) is 5.99. The summed E-state index contributed by atoms with van der Waals surface area (Å²) in [6, 6.07) is 2.28. The van der Waals surface area contributed by atoms with Gasteiger partial charge in [-0.05, 0) is 69.4 Å². The number of hydrogen-bond donors (Lipinski definition) is 2. The summed E-state index contributed by atoms with van der Waals surface area (Å²) in [5.74, 6) is 0.511. The third kappa shape index (κ3) is 3.89. The number of nitrogens with one attached hydrogen (secondary N) is 2. The van der Waals surface area contributed by atoms with Crippen LogP contribution in [0.1, 0.15) is 56.9 Å². The van der Waals surface area contributed by atoms with E-state index >= 15 is 0 Å². The normalized spacial score (nSPS) is 27.5. The number of ether oxygens (including phenoxy) is 1. The number of carbonyl (C=O) groups is 1. The highest BCUT2D eigenvalue weighted by atomic mass is 32.1. The first-order valence-electron chi connectivity index (χ1n) is 8.67. The summed E-state index contributed by atoms with van der Waals surface area (Å²) in [5, 5.41) is 8.99. The SMILES string of the molecule is CC(C)(C)OC(=O)NCC1CCCC2(C1)NCCc1ccsc12. The van der Waals surface area contributed by atoms with E-state index < -0.39 is 5.60 Å². The van der Waals surface area contributed by atoms with Gasteiger partial charge in [0.05, 0.1) is 5.54 Å². The van der Waals surface area contributed by atoms with Crippen LogP contribution in [0.25, 0.3) is 0 Å². The average molecular weight is 337 g/mol. The molecule has 2 N–H and O–H groups in total. The van der Waals surface area contributed by atoms with Gasteiger partial charge < -0.3 is 15.4 Å². The molecule has 2 aliphatic rings. The lowest BCUT2D eigenvalue weighted by atomic mass is 9.72. The topological polar surface area (TPSA) is 50.4 Å². The van der Waals surface area contributed by atoms with Crippen LogP contribution in [-0.2, 0) is 16.7 Å². The van der Waals surface area contributed by atoms with E-state index in [1.165, 1.54) is 29.7 Å². The molecule has 0 radical (unpaired) electrons. The van der Waals surface area contributed by atoms with Gasteiger partial charge in [-0.15, -0.1) is 11.3 Å². The summed E-state index contributed by atoms with van der Waals surface area (Å²) in [7, 11) is 0. The van der Waals surface area contributed by atoms with Crippen LogP contribution in [0.15, 0.2) is 11.4 Å². The van der Waals surface area contributed by atoms with Gasteiger partial charge in [0.1, 0.15) is 5.60 Å². The first kappa shape index (κ1) is 16.8. The standard InChI is InChI=1S/C18H28N2O2S/c1-17(2,3)22-16(21)19-12-13-5-4-8-18(11-13)15-14(6-9-20-18)7-10-23-15/h7,10,13,20H,4-6,8-9,11-12H2,1-3H3,(H,19,21). The molecule has 1 aromatic heterocycles. The zero-order valence-corrected chi connectivity index (χ0v) is 15.2. The second kappa shape index (κ2) is 6.44. The average Bonchev–Trinajstić information content (AvgIpc) is 2.94. The first-order chi connectivity index (χ1) is 10.9. The molecule has 128 valence electrons. The fraction of sp³-hybridized carbons (Fsp3) is 0.722. The van der Waals surface area contributed by atoms with Crippen LogP contribution < -0.4 is 10.6 Å². The molecule has 2 atom stereocenters. The van der Waals surface area contributed by atoms with Gasteiger partial charge in [0, 0.05) is 18.0 Å². The minimum absolute atomic E-state index is 0.139. The lowest BCUT2D eigenvalue weighted by Crippen LogP contribution is -2.50. The Morgan fingerprint density at radius 3 is 3.13 bits per heavy atom. The zero-order chi connectivity index (χ0) is 16.5. The van der Waals surface area contributed by atoms with Crippen molar-refractivity contribution in [2.75, 3.05) is 13.1 Å². The Kier molecular flexibility index (Phi) is 4.70. The van der Waals surface area contributed by atoms with Gasteiger partial charge in [-0.2, -0.15) is 0 Å². The van der Waals surface area contributed by atoms with E-state index in [1.807, 2.05) is 32.1 Å². The quantitative estimate of drug-likeness (QED) is 0.863. The highest BCUT2D eigenvalue weighted by Crippen LogP contribution is 2.45. The maximum Gasteiger partial charge on any atom is 0.407 e. The predicted molar refractivity (Wildman–Crippen MR) is 93.9 cm³/mol. The molecule has 1 fully saturated rings. The van der Waals surface area contributed by atoms with Crippen LogP contribution in [0, 0.1) is 5.92 Å². The van der Waals surface area contributed by atoms with Crippen molar-refractivity contribution in [1.29, 1.82) is 0 Å². The van der Waals surface area contributed by atoms with E-state index in [1.54, 1.807) is 0 Å². The van der Waals surface area contributed by atoms with Gasteiger partial charge in [0.25, 0.3) is 0 Å². The molecule has 0 saturated heterocycles. The molecule has 5 heteroatoms. The predicted octanol–water partition coefficient (Wildman–Crippen LogP) is 3.80. The van der Waals surface area contributed by atoms with E-state index in [9.17, 15) is 4.79 Å². The fourth-order valence-corrected chi connectivity index (χ4v) is 5.11. The Balaban J connectivity index is 1.61. The Morgan fingerprint density at radius 1 is 1.52 bits per heavy atom. The number of hydrogen-bond acceptors (Lipinski definition) is 4. The van der Waals surface area contributed by atoms with Gasteiger partial charge in [-0.25, -0.2) is 4.79 Å². The molecule has 4 nitrogen and oxygen atoms in total.